The summed E-state index contributed by atoms with van der Waals surface area (Å²) in [6, 6.07) is 7.79. The molecule has 1 aromatic heterocycles. The molecule has 2 rings (SSSR count). The maximum absolute atomic E-state index is 11.9. The molecule has 2 aromatic rings. The molecule has 0 saturated heterocycles. The van der Waals surface area contributed by atoms with E-state index in [4.69, 9.17) is 11.6 Å². The Morgan fingerprint density at radius 1 is 1.47 bits per heavy atom. The van der Waals surface area contributed by atoms with Crippen LogP contribution < -0.4 is 5.32 Å². The molecule has 2 nitrogen and oxygen atoms in total. The van der Waals surface area contributed by atoms with Crippen LogP contribution >= 0.6 is 34.7 Å². The summed E-state index contributed by atoms with van der Waals surface area (Å²) >= 11 is 9.35. The molecule has 0 atom stereocenters. The van der Waals surface area contributed by atoms with E-state index < -0.39 is 0 Å². The number of hydrogen-bond donors (Lipinski definition) is 1. The Balaban J connectivity index is 2.23. The largest absolute Gasteiger partial charge is 0.350 e. The van der Waals surface area contributed by atoms with Gasteiger partial charge in [0.2, 0.25) is 0 Å². The summed E-state index contributed by atoms with van der Waals surface area (Å²) in [5.74, 6) is 0.832. The van der Waals surface area contributed by atoms with Crippen molar-refractivity contribution in [2.75, 3.05) is 18.6 Å². The van der Waals surface area contributed by atoms with Crippen molar-refractivity contribution in [1.29, 1.82) is 0 Å². The van der Waals surface area contributed by atoms with Crippen molar-refractivity contribution in [3.63, 3.8) is 0 Å². The second-order valence-corrected chi connectivity index (χ2v) is 5.91. The summed E-state index contributed by atoms with van der Waals surface area (Å²) in [7, 11) is 0. The molecule has 90 valence electrons. The van der Waals surface area contributed by atoms with Gasteiger partial charge >= 0.3 is 0 Å². The third-order valence-electron chi connectivity index (χ3n) is 2.33. The molecule has 5 heteroatoms. The van der Waals surface area contributed by atoms with Gasteiger partial charge in [-0.2, -0.15) is 11.8 Å². The van der Waals surface area contributed by atoms with Crippen LogP contribution in [0.2, 0.25) is 5.02 Å². The molecule has 0 radical (unpaired) electrons. The lowest BCUT2D eigenvalue weighted by Gasteiger charge is -2.01. The lowest BCUT2D eigenvalue weighted by molar-refractivity contribution is 0.0960. The highest BCUT2D eigenvalue weighted by Gasteiger charge is 2.15. The van der Waals surface area contributed by atoms with Crippen LogP contribution in [0.25, 0.3) is 10.1 Å². The van der Waals surface area contributed by atoms with Gasteiger partial charge in [0.05, 0.1) is 5.02 Å². The number of thiophene rings is 1. The van der Waals surface area contributed by atoms with Crippen LogP contribution in [0.5, 0.6) is 0 Å². The highest BCUT2D eigenvalue weighted by atomic mass is 35.5. The number of halogens is 1. The minimum atomic E-state index is -0.0785. The first-order valence-electron chi connectivity index (χ1n) is 5.18. The molecule has 1 N–H and O–H groups in total. The molecule has 17 heavy (non-hydrogen) atoms. The first kappa shape index (κ1) is 12.7. The predicted molar refractivity (Wildman–Crippen MR) is 77.6 cm³/mol. The highest BCUT2D eigenvalue weighted by molar-refractivity contribution is 7.98. The van der Waals surface area contributed by atoms with Gasteiger partial charge in [-0.05, 0) is 12.3 Å². The average Bonchev–Trinajstić information content (AvgIpc) is 2.68. The van der Waals surface area contributed by atoms with Gasteiger partial charge in [-0.15, -0.1) is 11.3 Å². The number of fused-ring (bicyclic) bond motifs is 1. The van der Waals surface area contributed by atoms with Crippen molar-refractivity contribution in [1.82, 2.24) is 5.32 Å². The smallest absolute Gasteiger partial charge is 0.262 e. The summed E-state index contributed by atoms with van der Waals surface area (Å²) < 4.78 is 1.05. The second kappa shape index (κ2) is 5.76. The number of thioether (sulfide) groups is 1. The number of carbonyl (C=O) groups excluding carboxylic acids is 1. The average molecular weight is 286 g/mol. The number of hydrogen-bond acceptors (Lipinski definition) is 3. The van der Waals surface area contributed by atoms with Crippen LogP contribution in [0.1, 0.15) is 9.67 Å². The van der Waals surface area contributed by atoms with Gasteiger partial charge in [0.15, 0.2) is 0 Å². The minimum Gasteiger partial charge on any atom is -0.350 e. The number of nitrogens with one attached hydrogen (secondary N) is 1. The van der Waals surface area contributed by atoms with Crippen LogP contribution in [0.3, 0.4) is 0 Å². The van der Waals surface area contributed by atoms with Gasteiger partial charge in [-0.3, -0.25) is 4.79 Å². The second-order valence-electron chi connectivity index (χ2n) is 3.49. The van der Waals surface area contributed by atoms with Gasteiger partial charge < -0.3 is 5.32 Å². The zero-order valence-corrected chi connectivity index (χ0v) is 11.7. The van der Waals surface area contributed by atoms with Gasteiger partial charge in [-0.1, -0.05) is 29.8 Å². The molecular formula is C12H12ClNOS2. The quantitative estimate of drug-likeness (QED) is 0.869. The van der Waals surface area contributed by atoms with Crippen LogP contribution in [0.15, 0.2) is 24.3 Å². The van der Waals surface area contributed by atoms with E-state index in [1.165, 1.54) is 11.3 Å². The van der Waals surface area contributed by atoms with Crippen LogP contribution in [-0.4, -0.2) is 24.5 Å². The molecule has 0 fully saturated rings. The van der Waals surface area contributed by atoms with Gasteiger partial charge in [0.25, 0.3) is 5.91 Å². The number of carbonyl (C=O) groups is 1. The maximum atomic E-state index is 11.9. The van der Waals surface area contributed by atoms with E-state index in [0.29, 0.717) is 16.4 Å². The van der Waals surface area contributed by atoms with E-state index in [1.54, 1.807) is 11.8 Å². The topological polar surface area (TPSA) is 29.1 Å². The van der Waals surface area contributed by atoms with E-state index in [1.807, 2.05) is 30.5 Å². The molecular weight excluding hydrogens is 274 g/mol. The first-order valence-corrected chi connectivity index (χ1v) is 7.77. The summed E-state index contributed by atoms with van der Waals surface area (Å²) in [4.78, 5) is 12.5. The van der Waals surface area contributed by atoms with Crippen molar-refractivity contribution in [2.24, 2.45) is 0 Å². The third-order valence-corrected chi connectivity index (χ3v) is 4.62. The fraction of sp³-hybridized carbons (Fsp3) is 0.250. The fourth-order valence-electron chi connectivity index (χ4n) is 1.51. The first-order chi connectivity index (χ1) is 8.24. The van der Waals surface area contributed by atoms with Gasteiger partial charge in [0.1, 0.15) is 4.88 Å². The molecule has 0 unspecified atom stereocenters. The number of amides is 1. The molecule has 0 aliphatic heterocycles. The summed E-state index contributed by atoms with van der Waals surface area (Å²) in [6.07, 6.45) is 2.01. The van der Waals surface area contributed by atoms with E-state index >= 15 is 0 Å². The van der Waals surface area contributed by atoms with E-state index in [0.717, 1.165) is 15.8 Å². The van der Waals surface area contributed by atoms with E-state index in [2.05, 4.69) is 5.32 Å². The lowest BCUT2D eigenvalue weighted by Crippen LogP contribution is -2.25. The third kappa shape index (κ3) is 2.76. The van der Waals surface area contributed by atoms with Crippen molar-refractivity contribution in [3.05, 3.63) is 34.2 Å². The molecule has 1 heterocycles. The minimum absolute atomic E-state index is 0.0785. The zero-order chi connectivity index (χ0) is 12.3. The molecule has 0 bridgehead atoms. The normalized spacial score (nSPS) is 10.7. The standard InChI is InChI=1S/C12H12ClNOS2/c1-16-7-6-14-12(15)11-10(13)8-4-2-3-5-9(8)17-11/h2-5H,6-7H2,1H3,(H,14,15). The number of rotatable bonds is 4. The molecule has 0 aliphatic carbocycles. The van der Waals surface area contributed by atoms with Crippen LogP contribution in [0, 0.1) is 0 Å². The zero-order valence-electron chi connectivity index (χ0n) is 9.33. The molecule has 1 amide bonds. The lowest BCUT2D eigenvalue weighted by atomic mass is 10.2. The summed E-state index contributed by atoms with van der Waals surface area (Å²) in [5, 5.41) is 4.38. The molecule has 0 saturated carbocycles. The van der Waals surface area contributed by atoms with E-state index in [-0.39, 0.29) is 5.91 Å². The summed E-state index contributed by atoms with van der Waals surface area (Å²) in [6.45, 7) is 0.671. The fourth-order valence-corrected chi connectivity index (χ4v) is 3.25. The van der Waals surface area contributed by atoms with E-state index in [9.17, 15) is 4.79 Å². The predicted octanol–water partition coefficient (Wildman–Crippen LogP) is 3.65. The van der Waals surface area contributed by atoms with Crippen molar-refractivity contribution < 1.29 is 4.79 Å². The SMILES string of the molecule is CSCCNC(=O)c1sc2ccccc2c1Cl. The maximum Gasteiger partial charge on any atom is 0.262 e. The van der Waals surface area contributed by atoms with Crippen molar-refractivity contribution in [2.45, 2.75) is 0 Å². The highest BCUT2D eigenvalue weighted by Crippen LogP contribution is 2.34. The van der Waals surface area contributed by atoms with Gasteiger partial charge in [-0.25, -0.2) is 0 Å². The summed E-state index contributed by atoms with van der Waals surface area (Å²) in [5.41, 5.74) is 0. The Morgan fingerprint density at radius 2 is 2.24 bits per heavy atom. The molecule has 0 aliphatic rings. The molecule has 0 spiro atoms. The Labute approximate surface area is 113 Å². The van der Waals surface area contributed by atoms with Crippen molar-refractivity contribution in [3.8, 4) is 0 Å². The number of benzene rings is 1. The Bertz CT molecular complexity index is 538. The Kier molecular flexibility index (Phi) is 4.31. The molecule has 1 aromatic carbocycles. The monoisotopic (exact) mass is 285 g/mol. The van der Waals surface area contributed by atoms with Crippen LogP contribution in [0.4, 0.5) is 0 Å². The van der Waals surface area contributed by atoms with Gasteiger partial charge in [0, 0.05) is 22.4 Å². The Morgan fingerprint density at radius 3 is 2.94 bits per heavy atom. The van der Waals surface area contributed by atoms with Crippen LogP contribution in [-0.2, 0) is 0 Å². The van der Waals surface area contributed by atoms with Crippen molar-refractivity contribution >= 4 is 50.7 Å². The Hall–Kier alpha value is -0.710.